The number of nitrogens with zero attached hydrogens (tertiary/aromatic N) is 1. The number of fused-ring (bicyclic) bond motifs is 6. The van der Waals surface area contributed by atoms with E-state index in [1.165, 1.54) is 120 Å². The van der Waals surface area contributed by atoms with Crippen molar-refractivity contribution in [3.63, 3.8) is 0 Å². The van der Waals surface area contributed by atoms with Gasteiger partial charge in [0.15, 0.2) is 0 Å². The summed E-state index contributed by atoms with van der Waals surface area (Å²) < 4.78 is 0. The van der Waals surface area contributed by atoms with Crippen LogP contribution in [0.2, 0.25) is 0 Å². The summed E-state index contributed by atoms with van der Waals surface area (Å²) in [6, 6.07) is 87.6. The topological polar surface area (TPSA) is 3.24 Å². The lowest BCUT2D eigenvalue weighted by molar-refractivity contribution is 0.550. The molecule has 1 nitrogen and oxygen atoms in total. The molecule has 2 aliphatic carbocycles. The number of para-hydroxylation sites is 1. The highest BCUT2D eigenvalue weighted by atomic mass is 15.1. The van der Waals surface area contributed by atoms with Crippen LogP contribution in [0.15, 0.2) is 237 Å². The van der Waals surface area contributed by atoms with Crippen molar-refractivity contribution in [3.8, 4) is 66.8 Å². The van der Waals surface area contributed by atoms with Gasteiger partial charge in [-0.1, -0.05) is 213 Å². The summed E-state index contributed by atoms with van der Waals surface area (Å²) in [5.41, 5.74) is 21.4. The Labute approximate surface area is 376 Å². The first-order chi connectivity index (χ1) is 31.7. The molecule has 1 fully saturated rings. The molecule has 0 heterocycles. The summed E-state index contributed by atoms with van der Waals surface area (Å²) in [6.45, 7) is 0. The molecule has 0 N–H and O–H groups in total. The van der Waals surface area contributed by atoms with Crippen LogP contribution in [0.25, 0.3) is 77.5 Å². The molecule has 12 rings (SSSR count). The van der Waals surface area contributed by atoms with Crippen LogP contribution in [0.3, 0.4) is 0 Å². The first kappa shape index (κ1) is 38.0. The van der Waals surface area contributed by atoms with Gasteiger partial charge < -0.3 is 4.90 Å². The van der Waals surface area contributed by atoms with E-state index < -0.39 is 0 Å². The highest BCUT2D eigenvalue weighted by Gasteiger charge is 2.45. The van der Waals surface area contributed by atoms with Gasteiger partial charge in [0.05, 0.1) is 5.69 Å². The fourth-order valence-corrected chi connectivity index (χ4v) is 11.0. The summed E-state index contributed by atoms with van der Waals surface area (Å²) in [7, 11) is 0. The number of anilines is 3. The molecule has 0 saturated heterocycles. The van der Waals surface area contributed by atoms with Gasteiger partial charge in [0.2, 0.25) is 0 Å². The van der Waals surface area contributed by atoms with Crippen molar-refractivity contribution in [2.45, 2.75) is 31.1 Å². The maximum absolute atomic E-state index is 2.54. The van der Waals surface area contributed by atoms with Gasteiger partial charge in [-0.3, -0.25) is 0 Å². The largest absolute Gasteiger partial charge is 0.310 e. The zero-order valence-electron chi connectivity index (χ0n) is 35.8. The number of rotatable bonds is 8. The van der Waals surface area contributed by atoms with E-state index in [0.29, 0.717) is 0 Å². The van der Waals surface area contributed by atoms with Crippen LogP contribution in [0.5, 0.6) is 0 Å². The minimum Gasteiger partial charge on any atom is -0.310 e. The van der Waals surface area contributed by atoms with Gasteiger partial charge in [-0.25, -0.2) is 0 Å². The molecule has 1 saturated carbocycles. The van der Waals surface area contributed by atoms with Crippen LogP contribution in [0.1, 0.15) is 36.8 Å². The van der Waals surface area contributed by atoms with Crippen molar-refractivity contribution in [1.82, 2.24) is 0 Å². The average molecular weight is 818 g/mol. The number of hydrogen-bond acceptors (Lipinski definition) is 1. The molecular formula is C63H47N. The van der Waals surface area contributed by atoms with E-state index in [9.17, 15) is 0 Å². The Morgan fingerprint density at radius 2 is 0.766 bits per heavy atom. The summed E-state index contributed by atoms with van der Waals surface area (Å²) in [5.74, 6) is 0. The molecule has 2 aliphatic rings. The molecule has 0 unspecified atom stereocenters. The zero-order valence-corrected chi connectivity index (χ0v) is 35.8. The molecule has 0 aliphatic heterocycles. The van der Waals surface area contributed by atoms with Crippen molar-refractivity contribution in [2.75, 3.05) is 4.90 Å². The minimum absolute atomic E-state index is 0.0593. The lowest BCUT2D eigenvalue weighted by Crippen LogP contribution is -2.21. The van der Waals surface area contributed by atoms with Gasteiger partial charge in [-0.15, -0.1) is 0 Å². The predicted octanol–water partition coefficient (Wildman–Crippen LogP) is 17.5. The molecule has 0 aromatic heterocycles. The Bertz CT molecular complexity index is 3320. The van der Waals surface area contributed by atoms with Crippen molar-refractivity contribution in [2.24, 2.45) is 0 Å². The summed E-state index contributed by atoms with van der Waals surface area (Å²) in [6.07, 6.45) is 4.91. The molecule has 64 heavy (non-hydrogen) atoms. The van der Waals surface area contributed by atoms with Gasteiger partial charge in [-0.05, 0) is 132 Å². The quantitative estimate of drug-likeness (QED) is 0.148. The fraction of sp³-hybridized carbons (Fsp3) is 0.0794. The van der Waals surface area contributed by atoms with Crippen LogP contribution in [-0.4, -0.2) is 0 Å². The smallest absolute Gasteiger partial charge is 0.0540 e. The normalized spacial score (nSPS) is 13.5. The van der Waals surface area contributed by atoms with E-state index in [2.05, 4.69) is 241 Å². The SMILES string of the molecule is c1ccc(-c2ccccc2-c2ccccc2-c2ccccc2N(c2ccc(-c3ccc(-c4ccc5ccccc5c4)cc3)cc2)c2ccc3c(c2)C2(CCCC2)c2ccccc2-3)cc1. The van der Waals surface area contributed by atoms with Crippen LogP contribution in [0, 0.1) is 0 Å². The van der Waals surface area contributed by atoms with Gasteiger partial charge in [0.25, 0.3) is 0 Å². The first-order valence-corrected chi connectivity index (χ1v) is 22.8. The van der Waals surface area contributed by atoms with Crippen LogP contribution in [-0.2, 0) is 5.41 Å². The molecule has 0 bridgehead atoms. The first-order valence-electron chi connectivity index (χ1n) is 22.8. The monoisotopic (exact) mass is 817 g/mol. The Morgan fingerprint density at radius 1 is 0.281 bits per heavy atom. The van der Waals surface area contributed by atoms with E-state index >= 15 is 0 Å². The van der Waals surface area contributed by atoms with Gasteiger partial charge in [-0.2, -0.15) is 0 Å². The Hall–Kier alpha value is -7.74. The van der Waals surface area contributed by atoms with Gasteiger partial charge in [0, 0.05) is 22.4 Å². The van der Waals surface area contributed by atoms with Crippen molar-refractivity contribution < 1.29 is 0 Å². The van der Waals surface area contributed by atoms with Crippen LogP contribution >= 0.6 is 0 Å². The molecule has 10 aromatic carbocycles. The Morgan fingerprint density at radius 3 is 1.48 bits per heavy atom. The number of hydrogen-bond donors (Lipinski definition) is 0. The van der Waals surface area contributed by atoms with Gasteiger partial charge >= 0.3 is 0 Å². The molecule has 1 spiro atoms. The second-order valence-electron chi connectivity index (χ2n) is 17.6. The fourth-order valence-electron chi connectivity index (χ4n) is 11.0. The van der Waals surface area contributed by atoms with Crippen molar-refractivity contribution >= 4 is 27.8 Å². The standard InChI is InChI=1S/C63H47N/c1-2-17-48(18-3-1)53-20-6-7-21-54(53)55-22-8-9-23-56(55)59-25-11-13-27-62(59)64(52-38-39-58-57-24-10-12-26-60(57)63(61(58)43-52)40-14-15-41-63)51-36-34-46(35-37-51)45-28-30-47(31-29-45)50-33-32-44-16-4-5-19-49(44)42-50/h1-13,16-39,42-43H,14-15,40-41H2. The van der Waals surface area contributed by atoms with Crippen LogP contribution < -0.4 is 4.90 Å². The van der Waals surface area contributed by atoms with E-state index in [0.717, 1.165) is 11.4 Å². The second kappa shape index (κ2) is 15.9. The molecule has 1 heteroatoms. The zero-order chi connectivity index (χ0) is 42.5. The average Bonchev–Trinajstić information content (AvgIpc) is 3.98. The Balaban J connectivity index is 0.987. The lowest BCUT2D eigenvalue weighted by Gasteiger charge is -2.31. The van der Waals surface area contributed by atoms with Crippen LogP contribution in [0.4, 0.5) is 17.1 Å². The molecule has 0 atom stereocenters. The second-order valence-corrected chi connectivity index (χ2v) is 17.6. The molecule has 10 aromatic rings. The number of benzene rings is 10. The van der Waals surface area contributed by atoms with Crippen molar-refractivity contribution in [1.29, 1.82) is 0 Å². The lowest BCUT2D eigenvalue weighted by atomic mass is 9.76. The molecular weight excluding hydrogens is 771 g/mol. The highest BCUT2D eigenvalue weighted by molar-refractivity contribution is 5.98. The summed E-state index contributed by atoms with van der Waals surface area (Å²) in [4.78, 5) is 2.51. The maximum Gasteiger partial charge on any atom is 0.0540 e. The van der Waals surface area contributed by atoms with E-state index in [1.54, 1.807) is 0 Å². The molecule has 304 valence electrons. The third-order valence-electron chi connectivity index (χ3n) is 14.1. The van der Waals surface area contributed by atoms with Gasteiger partial charge in [0.1, 0.15) is 0 Å². The minimum atomic E-state index is 0.0593. The Kier molecular flexibility index (Phi) is 9.42. The summed E-state index contributed by atoms with van der Waals surface area (Å²) >= 11 is 0. The predicted molar refractivity (Wildman–Crippen MR) is 270 cm³/mol. The highest BCUT2D eigenvalue weighted by Crippen LogP contribution is 2.58. The molecule has 0 amide bonds. The van der Waals surface area contributed by atoms with Crippen molar-refractivity contribution in [3.05, 3.63) is 248 Å². The maximum atomic E-state index is 2.54. The molecule has 0 radical (unpaired) electrons. The third-order valence-corrected chi connectivity index (χ3v) is 14.1. The summed E-state index contributed by atoms with van der Waals surface area (Å²) in [5, 5.41) is 2.53. The van der Waals surface area contributed by atoms with E-state index in [1.807, 2.05) is 0 Å². The third kappa shape index (κ3) is 6.47. The van der Waals surface area contributed by atoms with E-state index in [4.69, 9.17) is 0 Å². The van der Waals surface area contributed by atoms with E-state index in [-0.39, 0.29) is 5.41 Å².